The van der Waals surface area contributed by atoms with Crippen molar-refractivity contribution in [3.63, 3.8) is 0 Å². The number of hydrogen-bond donors (Lipinski definition) is 2. The fraction of sp³-hybridized carbons (Fsp3) is 0.231. The number of cyclic esters (lactones) is 1. The second-order valence-electron chi connectivity index (χ2n) is 7.91. The number of benzene rings is 3. The van der Waals surface area contributed by atoms with Gasteiger partial charge < -0.3 is 15.4 Å². The summed E-state index contributed by atoms with van der Waals surface area (Å²) >= 11 is 1.71. The third-order valence-electron chi connectivity index (χ3n) is 5.61. The largest absolute Gasteiger partial charge is 0.434 e. The van der Waals surface area contributed by atoms with E-state index in [1.165, 1.54) is 29.2 Å². The van der Waals surface area contributed by atoms with Gasteiger partial charge in [0.05, 0.1) is 13.1 Å². The van der Waals surface area contributed by atoms with Crippen LogP contribution in [-0.2, 0) is 20.9 Å². The van der Waals surface area contributed by atoms with Crippen molar-refractivity contribution in [2.24, 2.45) is 0 Å². The summed E-state index contributed by atoms with van der Waals surface area (Å²) in [6.07, 6.45) is -0.472. The van der Waals surface area contributed by atoms with E-state index in [1.54, 1.807) is 11.8 Å². The molecule has 6 heteroatoms. The molecule has 164 valence electrons. The number of aryl methyl sites for hydroxylation is 1. The van der Waals surface area contributed by atoms with Crippen LogP contribution in [-0.4, -0.2) is 25.1 Å². The first-order valence-corrected chi connectivity index (χ1v) is 11.5. The van der Waals surface area contributed by atoms with E-state index in [1.807, 2.05) is 30.3 Å². The Bertz CT molecular complexity index is 1130. The molecule has 3 aromatic rings. The van der Waals surface area contributed by atoms with Gasteiger partial charge in [0.15, 0.2) is 5.60 Å². The maximum Gasteiger partial charge on any atom is 0.408 e. The van der Waals surface area contributed by atoms with Crippen LogP contribution >= 0.6 is 11.8 Å². The molecule has 4 rings (SSSR count). The number of carbonyl (C=O) groups is 2. The van der Waals surface area contributed by atoms with Crippen molar-refractivity contribution < 1.29 is 14.3 Å². The molecule has 5 nitrogen and oxygen atoms in total. The van der Waals surface area contributed by atoms with Crippen molar-refractivity contribution in [2.75, 3.05) is 13.1 Å². The first-order valence-electron chi connectivity index (χ1n) is 10.6. The molecule has 0 spiro atoms. The Morgan fingerprint density at radius 2 is 1.81 bits per heavy atom. The molecular weight excluding hydrogens is 420 g/mol. The lowest BCUT2D eigenvalue weighted by Crippen LogP contribution is -2.43. The smallest absolute Gasteiger partial charge is 0.408 e. The van der Waals surface area contributed by atoms with Gasteiger partial charge in [0.25, 0.3) is 0 Å². The Balaban J connectivity index is 1.65. The molecule has 0 aromatic heterocycles. The molecule has 1 saturated heterocycles. The average Bonchev–Trinajstić information content (AvgIpc) is 3.19. The number of ether oxygens (including phenoxy) is 1. The SMILES string of the molecule is CC(=O)NCC1(c2ccccc2SCc2cccc(C)c2-c2ccccc2)CNC(=O)O1. The normalized spacial score (nSPS) is 17.5. The predicted octanol–water partition coefficient (Wildman–Crippen LogP) is 5.03. The third kappa shape index (κ3) is 4.65. The first kappa shape index (κ1) is 22.0. The number of rotatable bonds is 7. The maximum atomic E-state index is 12.0. The average molecular weight is 447 g/mol. The molecular formula is C26H26N2O3S. The van der Waals surface area contributed by atoms with Crippen molar-refractivity contribution in [3.05, 3.63) is 89.5 Å². The molecule has 1 aliphatic rings. The minimum Gasteiger partial charge on any atom is -0.434 e. The number of amides is 2. The number of thioether (sulfide) groups is 1. The Kier molecular flexibility index (Phi) is 6.51. The quantitative estimate of drug-likeness (QED) is 0.500. The molecule has 0 aliphatic carbocycles. The zero-order valence-corrected chi connectivity index (χ0v) is 19.0. The number of nitrogens with one attached hydrogen (secondary N) is 2. The van der Waals surface area contributed by atoms with Crippen molar-refractivity contribution in [1.82, 2.24) is 10.6 Å². The molecule has 3 aromatic carbocycles. The highest BCUT2D eigenvalue weighted by Crippen LogP contribution is 2.38. The van der Waals surface area contributed by atoms with Crippen LogP contribution < -0.4 is 10.6 Å². The van der Waals surface area contributed by atoms with E-state index in [4.69, 9.17) is 4.74 Å². The lowest BCUT2D eigenvalue weighted by molar-refractivity contribution is -0.120. The molecule has 0 bridgehead atoms. The molecule has 2 N–H and O–H groups in total. The van der Waals surface area contributed by atoms with Crippen molar-refractivity contribution >= 4 is 23.8 Å². The number of carbonyl (C=O) groups excluding carboxylic acids is 2. The van der Waals surface area contributed by atoms with Crippen molar-refractivity contribution in [3.8, 4) is 11.1 Å². The summed E-state index contributed by atoms with van der Waals surface area (Å²) in [6, 6.07) is 24.7. The Hall–Kier alpha value is -3.25. The summed E-state index contributed by atoms with van der Waals surface area (Å²) in [5.41, 5.74) is 4.89. The minimum absolute atomic E-state index is 0.162. The molecule has 1 unspecified atom stereocenters. The zero-order valence-electron chi connectivity index (χ0n) is 18.2. The molecule has 32 heavy (non-hydrogen) atoms. The van der Waals surface area contributed by atoms with E-state index >= 15 is 0 Å². The van der Waals surface area contributed by atoms with Gasteiger partial charge in [0.1, 0.15) is 0 Å². The summed E-state index contributed by atoms with van der Waals surface area (Å²) in [4.78, 5) is 24.6. The topological polar surface area (TPSA) is 67.4 Å². The molecule has 1 aliphatic heterocycles. The predicted molar refractivity (Wildman–Crippen MR) is 127 cm³/mol. The third-order valence-corrected chi connectivity index (χ3v) is 6.73. The fourth-order valence-electron chi connectivity index (χ4n) is 4.07. The second-order valence-corrected chi connectivity index (χ2v) is 8.92. The molecule has 1 atom stereocenters. The van der Waals surface area contributed by atoms with Gasteiger partial charge in [-0.15, -0.1) is 11.8 Å². The van der Waals surface area contributed by atoms with Crippen molar-refractivity contribution in [1.29, 1.82) is 0 Å². The highest BCUT2D eigenvalue weighted by molar-refractivity contribution is 7.98. The van der Waals surface area contributed by atoms with Gasteiger partial charge in [0, 0.05) is 23.1 Å². The minimum atomic E-state index is -0.929. The van der Waals surface area contributed by atoms with Gasteiger partial charge in [-0.1, -0.05) is 66.7 Å². The molecule has 2 amide bonds. The summed E-state index contributed by atoms with van der Waals surface area (Å²) in [5.74, 6) is 0.602. The van der Waals surface area contributed by atoms with E-state index in [-0.39, 0.29) is 12.5 Å². The Morgan fingerprint density at radius 3 is 2.53 bits per heavy atom. The van der Waals surface area contributed by atoms with E-state index < -0.39 is 11.7 Å². The van der Waals surface area contributed by atoms with Crippen LogP contribution in [0.3, 0.4) is 0 Å². The summed E-state index contributed by atoms with van der Waals surface area (Å²) < 4.78 is 5.71. The number of alkyl carbamates (subject to hydrolysis) is 1. The van der Waals surface area contributed by atoms with Gasteiger partial charge in [-0.05, 0) is 35.2 Å². The van der Waals surface area contributed by atoms with E-state index in [0.29, 0.717) is 6.54 Å². The van der Waals surface area contributed by atoms with Crippen LogP contribution in [0.4, 0.5) is 4.79 Å². The van der Waals surface area contributed by atoms with Gasteiger partial charge in [0.2, 0.25) is 5.91 Å². The van der Waals surface area contributed by atoms with Crippen molar-refractivity contribution in [2.45, 2.75) is 30.1 Å². The van der Waals surface area contributed by atoms with Crippen LogP contribution in [0.5, 0.6) is 0 Å². The van der Waals surface area contributed by atoms with Gasteiger partial charge in [-0.25, -0.2) is 4.79 Å². The standard InChI is InChI=1S/C26H26N2O3S/c1-18-9-8-12-21(24(18)20-10-4-3-5-11-20)15-32-23-14-7-6-13-22(23)26(16-27-19(2)29)17-28-25(30)31-26/h3-14H,15-17H2,1-2H3,(H,27,29)(H,28,30). The van der Waals surface area contributed by atoms with Gasteiger partial charge in [-0.2, -0.15) is 0 Å². The number of hydrogen-bond acceptors (Lipinski definition) is 4. The highest BCUT2D eigenvalue weighted by Gasteiger charge is 2.43. The van der Waals surface area contributed by atoms with Crippen LogP contribution in [0.1, 0.15) is 23.6 Å². The maximum absolute atomic E-state index is 12.0. The summed E-state index contributed by atoms with van der Waals surface area (Å²) in [7, 11) is 0. The molecule has 0 radical (unpaired) electrons. The zero-order chi connectivity index (χ0) is 22.6. The fourth-order valence-corrected chi connectivity index (χ4v) is 5.20. The summed E-state index contributed by atoms with van der Waals surface area (Å²) in [5, 5.41) is 5.57. The van der Waals surface area contributed by atoms with Gasteiger partial charge >= 0.3 is 6.09 Å². The Morgan fingerprint density at radius 1 is 1.06 bits per heavy atom. The van der Waals surface area contributed by atoms with Gasteiger partial charge in [-0.3, -0.25) is 4.79 Å². The van der Waals surface area contributed by atoms with Crippen LogP contribution in [0.15, 0.2) is 77.7 Å². The monoisotopic (exact) mass is 446 g/mol. The van der Waals surface area contributed by atoms with Crippen LogP contribution in [0.2, 0.25) is 0 Å². The van der Waals surface area contributed by atoms with Crippen LogP contribution in [0, 0.1) is 6.92 Å². The van der Waals surface area contributed by atoms with Crippen LogP contribution in [0.25, 0.3) is 11.1 Å². The van der Waals surface area contributed by atoms with E-state index in [0.717, 1.165) is 16.2 Å². The Labute approximate surface area is 192 Å². The lowest BCUT2D eigenvalue weighted by Gasteiger charge is -2.29. The second kappa shape index (κ2) is 9.49. The summed E-state index contributed by atoms with van der Waals surface area (Å²) in [6.45, 7) is 4.12. The molecule has 0 saturated carbocycles. The molecule has 1 fully saturated rings. The van der Waals surface area contributed by atoms with E-state index in [2.05, 4.69) is 60.0 Å². The lowest BCUT2D eigenvalue weighted by atomic mass is 9.93. The molecule has 1 heterocycles. The van der Waals surface area contributed by atoms with E-state index in [9.17, 15) is 9.59 Å². The highest BCUT2D eigenvalue weighted by atomic mass is 32.2. The first-order chi connectivity index (χ1) is 15.5.